The largest absolute Gasteiger partial charge is 0.537 e. The van der Waals surface area contributed by atoms with E-state index in [1.807, 2.05) is 0 Å². The number of rotatable bonds is 0. The zero-order chi connectivity index (χ0) is 8.57. The van der Waals surface area contributed by atoms with E-state index in [0.29, 0.717) is 0 Å². The second kappa shape index (κ2) is 11.7. The molecule has 0 aliphatic carbocycles. The molecule has 0 saturated carbocycles. The first-order valence-corrected chi connectivity index (χ1v) is 1.63. The predicted octanol–water partition coefficient (Wildman–Crippen LogP) is 0.305. The molecule has 0 atom stereocenters. The van der Waals surface area contributed by atoms with Crippen LogP contribution >= 0.6 is 0 Å². The maximum Gasteiger partial charge on any atom is 0.537 e. The minimum Gasteiger partial charge on any atom is -0.448 e. The summed E-state index contributed by atoms with van der Waals surface area (Å²) in [6.07, 6.45) is -3.38. The topological polar surface area (TPSA) is 134 Å². The number of hydrogen-bond acceptors (Lipinski definition) is 6. The van der Waals surface area contributed by atoms with Crippen molar-refractivity contribution in [2.24, 2.45) is 0 Å². The molecule has 0 radical (unpaired) electrons. The van der Waals surface area contributed by atoms with Crippen LogP contribution in [0.2, 0.25) is 0 Å². The van der Waals surface area contributed by atoms with E-state index in [2.05, 4.69) is 9.78 Å². The molecule has 70 valence electrons. The molecule has 0 amide bonds. The van der Waals surface area contributed by atoms with Crippen LogP contribution < -0.4 is 0 Å². The number of hydrogen-bond donors (Lipinski definition) is 4. The second-order valence-corrected chi connectivity index (χ2v) is 0.714. The van der Waals surface area contributed by atoms with Crippen LogP contribution in [0.4, 0.5) is 9.59 Å². The van der Waals surface area contributed by atoms with E-state index in [1.54, 1.807) is 0 Å². The van der Waals surface area contributed by atoms with Crippen LogP contribution in [0.25, 0.3) is 0 Å². The Morgan fingerprint density at radius 1 is 0.909 bits per heavy atom. The number of carboxylic acid groups (broad SMARTS) is 2. The van der Waals surface area contributed by atoms with Crippen molar-refractivity contribution in [1.82, 2.24) is 0 Å². The summed E-state index contributed by atoms with van der Waals surface area (Å²) in [5.74, 6) is 0. The molecule has 0 bridgehead atoms. The van der Waals surface area contributed by atoms with Crippen molar-refractivity contribution in [3.8, 4) is 0 Å². The van der Waals surface area contributed by atoms with Gasteiger partial charge in [-0.15, -0.1) is 0 Å². The summed E-state index contributed by atoms with van der Waals surface area (Å²) in [5, 5.41) is 28.6. The van der Waals surface area contributed by atoms with Gasteiger partial charge in [-0.05, 0) is 0 Å². The molecular weight excluding hydrogens is 211 g/mol. The molecule has 11 heavy (non-hydrogen) atoms. The molecule has 9 heteroatoms. The van der Waals surface area contributed by atoms with E-state index in [4.69, 9.17) is 30.3 Å². The first-order chi connectivity index (χ1) is 4.54. The molecule has 0 aromatic carbocycles. The Morgan fingerprint density at radius 2 is 1.00 bits per heavy atom. The summed E-state index contributed by atoms with van der Waals surface area (Å²) in [6.45, 7) is 0. The van der Waals surface area contributed by atoms with E-state index in [-0.39, 0.29) is 16.5 Å². The average Bonchev–Trinajstić information content (AvgIpc) is 1.89. The summed E-state index contributed by atoms with van der Waals surface area (Å²) in [7, 11) is 0. The van der Waals surface area contributed by atoms with E-state index < -0.39 is 12.3 Å². The Balaban J connectivity index is -0.000000107. The molecule has 0 aliphatic heterocycles. The van der Waals surface area contributed by atoms with Crippen molar-refractivity contribution >= 4 is 12.3 Å². The standard InChI is InChI=1S/2CH2O4.Ni/c2*2-1(3)5-4;/h2*4H,(H,2,3);. The van der Waals surface area contributed by atoms with Crippen LogP contribution in [0.3, 0.4) is 0 Å². The Bertz CT molecular complexity index is 96.7. The van der Waals surface area contributed by atoms with Gasteiger partial charge in [0.05, 0.1) is 0 Å². The second-order valence-electron chi connectivity index (χ2n) is 0.714. The van der Waals surface area contributed by atoms with Gasteiger partial charge in [-0.1, -0.05) is 0 Å². The SMILES string of the molecule is O=C(O)OO.O=C(O)OO.[Ni]. The van der Waals surface area contributed by atoms with Crippen molar-refractivity contribution in [1.29, 1.82) is 0 Å². The fourth-order valence-electron chi connectivity index (χ4n) is 0. The van der Waals surface area contributed by atoms with E-state index >= 15 is 0 Å². The normalized spacial score (nSPS) is 6.00. The molecule has 0 spiro atoms. The quantitative estimate of drug-likeness (QED) is 0.257. The van der Waals surface area contributed by atoms with Gasteiger partial charge in [0.25, 0.3) is 0 Å². The molecule has 0 aliphatic rings. The first kappa shape index (κ1) is 16.5. The van der Waals surface area contributed by atoms with Gasteiger partial charge in [0.1, 0.15) is 0 Å². The minimum absolute atomic E-state index is 0. The van der Waals surface area contributed by atoms with Crippen LogP contribution in [0.1, 0.15) is 0 Å². The van der Waals surface area contributed by atoms with Crippen molar-refractivity contribution in [2.45, 2.75) is 0 Å². The maximum atomic E-state index is 8.90. The smallest absolute Gasteiger partial charge is 0.448 e. The summed E-state index contributed by atoms with van der Waals surface area (Å²) in [4.78, 5) is 23.1. The molecule has 4 N–H and O–H groups in total. The van der Waals surface area contributed by atoms with Gasteiger partial charge < -0.3 is 10.2 Å². The minimum atomic E-state index is -1.69. The fraction of sp³-hybridized carbons (Fsp3) is 0. The molecule has 0 aromatic heterocycles. The third-order valence-corrected chi connectivity index (χ3v) is 0.156. The number of carbonyl (C=O) groups is 2. The Labute approximate surface area is 69.7 Å². The van der Waals surface area contributed by atoms with E-state index in [0.717, 1.165) is 0 Å². The van der Waals surface area contributed by atoms with E-state index in [1.165, 1.54) is 0 Å². The van der Waals surface area contributed by atoms with Gasteiger partial charge in [0, 0.05) is 16.5 Å². The third kappa shape index (κ3) is 49.6. The van der Waals surface area contributed by atoms with Crippen LogP contribution in [-0.4, -0.2) is 33.0 Å². The van der Waals surface area contributed by atoms with Gasteiger partial charge in [-0.2, -0.15) is 10.5 Å². The Kier molecular flexibility index (Phi) is 17.6. The van der Waals surface area contributed by atoms with Gasteiger partial charge in [-0.3, -0.25) is 9.78 Å². The predicted molar refractivity (Wildman–Crippen MR) is 23.5 cm³/mol. The summed E-state index contributed by atoms with van der Waals surface area (Å²) in [5.41, 5.74) is 0. The molecule has 8 nitrogen and oxygen atoms in total. The van der Waals surface area contributed by atoms with Crippen LogP contribution in [0.5, 0.6) is 0 Å². The maximum absolute atomic E-state index is 8.90. The summed E-state index contributed by atoms with van der Waals surface area (Å²) in [6, 6.07) is 0. The zero-order valence-corrected chi connectivity index (χ0v) is 5.73. The Hall–Kier alpha value is -1.05. The van der Waals surface area contributed by atoms with Crippen molar-refractivity contribution in [2.75, 3.05) is 0 Å². The fourth-order valence-corrected chi connectivity index (χ4v) is 0. The van der Waals surface area contributed by atoms with Gasteiger partial charge >= 0.3 is 12.3 Å². The van der Waals surface area contributed by atoms with Gasteiger partial charge in [-0.25, -0.2) is 9.59 Å². The molecule has 0 unspecified atom stereocenters. The van der Waals surface area contributed by atoms with Crippen molar-refractivity contribution in [3.63, 3.8) is 0 Å². The molecule has 0 aromatic rings. The monoisotopic (exact) mass is 214 g/mol. The van der Waals surface area contributed by atoms with Crippen molar-refractivity contribution in [3.05, 3.63) is 0 Å². The average molecular weight is 215 g/mol. The van der Waals surface area contributed by atoms with Crippen LogP contribution in [0, 0.1) is 0 Å². The Morgan fingerprint density at radius 3 is 1.00 bits per heavy atom. The van der Waals surface area contributed by atoms with Crippen LogP contribution in [0.15, 0.2) is 0 Å². The van der Waals surface area contributed by atoms with Gasteiger partial charge in [0.15, 0.2) is 0 Å². The first-order valence-electron chi connectivity index (χ1n) is 1.63. The molecule has 0 rings (SSSR count). The molecule has 0 heterocycles. The van der Waals surface area contributed by atoms with Crippen LogP contribution in [-0.2, 0) is 26.3 Å². The van der Waals surface area contributed by atoms with Gasteiger partial charge in [0.2, 0.25) is 0 Å². The van der Waals surface area contributed by atoms with Crippen molar-refractivity contribution < 1.29 is 56.6 Å². The molecule has 0 fully saturated rings. The summed E-state index contributed by atoms with van der Waals surface area (Å²) >= 11 is 0. The van der Waals surface area contributed by atoms with E-state index in [9.17, 15) is 0 Å². The molecular formula is C2H4NiO8. The zero-order valence-electron chi connectivity index (χ0n) is 4.74. The summed E-state index contributed by atoms with van der Waals surface area (Å²) < 4.78 is 0. The molecule has 0 saturated heterocycles. The third-order valence-electron chi connectivity index (χ3n) is 0.156.